The first-order valence-electron chi connectivity index (χ1n) is 3.99. The minimum atomic E-state index is 0.0938. The summed E-state index contributed by atoms with van der Waals surface area (Å²) in [6, 6.07) is 0. The van der Waals surface area contributed by atoms with Gasteiger partial charge in [-0.25, -0.2) is 4.98 Å². The summed E-state index contributed by atoms with van der Waals surface area (Å²) in [5.41, 5.74) is 0.0938. The lowest BCUT2D eigenvalue weighted by molar-refractivity contribution is 0.408. The summed E-state index contributed by atoms with van der Waals surface area (Å²) < 4.78 is 5.09. The quantitative estimate of drug-likeness (QED) is 0.575. The molecule has 0 aromatic carbocycles. The van der Waals surface area contributed by atoms with E-state index >= 15 is 0 Å². The van der Waals surface area contributed by atoms with Crippen LogP contribution in [0.1, 0.15) is 40.4 Å². The van der Waals surface area contributed by atoms with E-state index in [1.165, 1.54) is 6.39 Å². The van der Waals surface area contributed by atoms with Gasteiger partial charge in [-0.05, 0) is 0 Å². The van der Waals surface area contributed by atoms with E-state index in [2.05, 4.69) is 25.8 Å². The van der Waals surface area contributed by atoms with Gasteiger partial charge in [0, 0.05) is 5.41 Å². The summed E-state index contributed by atoms with van der Waals surface area (Å²) in [6.45, 7) is 10.3. The second-order valence-electron chi connectivity index (χ2n) is 3.12. The second kappa shape index (κ2) is 4.16. The van der Waals surface area contributed by atoms with Crippen molar-refractivity contribution in [3.8, 4) is 0 Å². The lowest BCUT2D eigenvalue weighted by atomic mass is 9.94. The van der Waals surface area contributed by atoms with Crippen LogP contribution in [0.5, 0.6) is 0 Å². The van der Waals surface area contributed by atoms with Crippen LogP contribution in [0.2, 0.25) is 0 Å². The first-order chi connectivity index (χ1) is 5.11. The van der Waals surface area contributed by atoms with E-state index in [9.17, 15) is 0 Å². The third kappa shape index (κ3) is 3.21. The summed E-state index contributed by atoms with van der Waals surface area (Å²) in [5, 5.41) is 0. The average Bonchev–Trinajstić information content (AvgIpc) is 2.40. The van der Waals surface area contributed by atoms with E-state index in [1.807, 2.05) is 13.8 Å². The molecule has 1 rings (SSSR count). The minimum absolute atomic E-state index is 0.0938. The molecule has 0 aliphatic heterocycles. The number of rotatable bonds is 0. The number of hydrogen-bond donors (Lipinski definition) is 0. The van der Waals surface area contributed by atoms with Gasteiger partial charge in [-0.2, -0.15) is 0 Å². The lowest BCUT2D eigenvalue weighted by Crippen LogP contribution is -2.08. The Morgan fingerprint density at radius 2 is 1.82 bits per heavy atom. The second-order valence-corrected chi connectivity index (χ2v) is 3.12. The molecule has 0 spiro atoms. The summed E-state index contributed by atoms with van der Waals surface area (Å²) in [7, 11) is 0. The van der Waals surface area contributed by atoms with Crippen molar-refractivity contribution in [3.05, 3.63) is 18.4 Å². The Bertz CT molecular complexity index is 172. The molecule has 1 aromatic heterocycles. The molecule has 0 saturated carbocycles. The van der Waals surface area contributed by atoms with E-state index in [1.54, 1.807) is 6.20 Å². The molecule has 0 atom stereocenters. The number of oxazole rings is 1. The van der Waals surface area contributed by atoms with Crippen LogP contribution in [-0.4, -0.2) is 4.98 Å². The average molecular weight is 155 g/mol. The van der Waals surface area contributed by atoms with Gasteiger partial charge in [0.2, 0.25) is 0 Å². The molecular formula is C9H17NO. The number of hydrogen-bond acceptors (Lipinski definition) is 2. The minimum Gasteiger partial charge on any atom is -0.448 e. The number of aromatic nitrogens is 1. The van der Waals surface area contributed by atoms with Crippen LogP contribution in [0.15, 0.2) is 17.0 Å². The summed E-state index contributed by atoms with van der Waals surface area (Å²) in [6.07, 6.45) is 3.21. The van der Waals surface area contributed by atoms with Crippen molar-refractivity contribution in [2.45, 2.75) is 40.0 Å². The Balaban J connectivity index is 0.000000461. The largest absolute Gasteiger partial charge is 0.448 e. The van der Waals surface area contributed by atoms with Gasteiger partial charge in [0.25, 0.3) is 0 Å². The summed E-state index contributed by atoms with van der Waals surface area (Å²) in [5.74, 6) is 0.933. The molecule has 2 nitrogen and oxygen atoms in total. The van der Waals surface area contributed by atoms with Gasteiger partial charge in [0.15, 0.2) is 6.39 Å². The fourth-order valence-electron chi connectivity index (χ4n) is 0.586. The van der Waals surface area contributed by atoms with Crippen molar-refractivity contribution in [3.63, 3.8) is 0 Å². The normalized spacial score (nSPS) is 10.3. The van der Waals surface area contributed by atoms with Gasteiger partial charge in [0.05, 0.1) is 6.20 Å². The van der Waals surface area contributed by atoms with Crippen LogP contribution in [0.3, 0.4) is 0 Å². The van der Waals surface area contributed by atoms with Crippen LogP contribution in [0.4, 0.5) is 0 Å². The molecule has 0 radical (unpaired) electrons. The van der Waals surface area contributed by atoms with Gasteiger partial charge in [-0.15, -0.1) is 0 Å². The monoisotopic (exact) mass is 155 g/mol. The number of nitrogens with zero attached hydrogens (tertiary/aromatic N) is 1. The zero-order valence-corrected chi connectivity index (χ0v) is 8.01. The van der Waals surface area contributed by atoms with Crippen molar-refractivity contribution in [1.82, 2.24) is 4.98 Å². The van der Waals surface area contributed by atoms with Gasteiger partial charge >= 0.3 is 0 Å². The molecule has 0 fully saturated rings. The molecule has 0 bridgehead atoms. The Morgan fingerprint density at radius 3 is 2.00 bits per heavy atom. The van der Waals surface area contributed by atoms with Gasteiger partial charge in [-0.3, -0.25) is 0 Å². The molecule has 1 heterocycles. The first-order valence-corrected chi connectivity index (χ1v) is 3.99. The Morgan fingerprint density at radius 1 is 1.27 bits per heavy atom. The predicted octanol–water partition coefficient (Wildman–Crippen LogP) is 3.00. The van der Waals surface area contributed by atoms with Gasteiger partial charge < -0.3 is 4.42 Å². The third-order valence-corrected chi connectivity index (χ3v) is 1.17. The van der Waals surface area contributed by atoms with Gasteiger partial charge in [-0.1, -0.05) is 34.6 Å². The standard InChI is InChI=1S/C7H11NO.C2H6/c1-7(2,3)6-4-8-5-9-6;1-2/h4-5H,1-3H3;1-2H3. The molecule has 1 aromatic rings. The zero-order chi connectivity index (χ0) is 8.91. The maximum atomic E-state index is 5.09. The molecule has 2 heteroatoms. The molecule has 0 saturated heterocycles. The molecule has 0 N–H and O–H groups in total. The van der Waals surface area contributed by atoms with Gasteiger partial charge in [0.1, 0.15) is 5.76 Å². The Hall–Kier alpha value is -0.790. The molecule has 0 amide bonds. The van der Waals surface area contributed by atoms with E-state index in [-0.39, 0.29) is 5.41 Å². The highest BCUT2D eigenvalue weighted by molar-refractivity contribution is 5.02. The SMILES string of the molecule is CC.CC(C)(C)c1cnco1. The highest BCUT2D eigenvalue weighted by Crippen LogP contribution is 2.20. The molecule has 0 aliphatic carbocycles. The van der Waals surface area contributed by atoms with Crippen molar-refractivity contribution in [2.75, 3.05) is 0 Å². The zero-order valence-electron chi connectivity index (χ0n) is 8.01. The topological polar surface area (TPSA) is 26.0 Å². The van der Waals surface area contributed by atoms with E-state index < -0.39 is 0 Å². The van der Waals surface area contributed by atoms with Crippen LogP contribution >= 0.6 is 0 Å². The fraction of sp³-hybridized carbons (Fsp3) is 0.667. The van der Waals surface area contributed by atoms with Crippen molar-refractivity contribution in [1.29, 1.82) is 0 Å². The lowest BCUT2D eigenvalue weighted by Gasteiger charge is -2.12. The van der Waals surface area contributed by atoms with Crippen molar-refractivity contribution in [2.24, 2.45) is 0 Å². The van der Waals surface area contributed by atoms with Crippen molar-refractivity contribution < 1.29 is 4.42 Å². The van der Waals surface area contributed by atoms with Crippen molar-refractivity contribution >= 4 is 0 Å². The smallest absolute Gasteiger partial charge is 0.180 e. The van der Waals surface area contributed by atoms with E-state index in [0.29, 0.717) is 0 Å². The molecule has 0 aliphatic rings. The third-order valence-electron chi connectivity index (χ3n) is 1.17. The van der Waals surface area contributed by atoms with E-state index in [0.717, 1.165) is 5.76 Å². The fourth-order valence-corrected chi connectivity index (χ4v) is 0.586. The first kappa shape index (κ1) is 10.2. The van der Waals surface area contributed by atoms with Crippen LogP contribution in [0.25, 0.3) is 0 Å². The maximum absolute atomic E-state index is 5.09. The van der Waals surface area contributed by atoms with E-state index in [4.69, 9.17) is 4.42 Å². The summed E-state index contributed by atoms with van der Waals surface area (Å²) >= 11 is 0. The molecule has 64 valence electrons. The Labute approximate surface area is 68.6 Å². The summed E-state index contributed by atoms with van der Waals surface area (Å²) in [4.78, 5) is 3.82. The van der Waals surface area contributed by atoms with Crippen LogP contribution < -0.4 is 0 Å². The Kier molecular flexibility index (Phi) is 3.86. The van der Waals surface area contributed by atoms with Crippen LogP contribution in [-0.2, 0) is 5.41 Å². The molecule has 11 heavy (non-hydrogen) atoms. The highest BCUT2D eigenvalue weighted by Gasteiger charge is 2.16. The highest BCUT2D eigenvalue weighted by atomic mass is 16.3. The van der Waals surface area contributed by atoms with Crippen LogP contribution in [0, 0.1) is 0 Å². The molecular weight excluding hydrogens is 138 g/mol. The predicted molar refractivity (Wildman–Crippen MR) is 46.6 cm³/mol. The molecule has 0 unspecified atom stereocenters. The maximum Gasteiger partial charge on any atom is 0.180 e.